The summed E-state index contributed by atoms with van der Waals surface area (Å²) < 4.78 is 46.7. The van der Waals surface area contributed by atoms with E-state index in [2.05, 4.69) is 0 Å². The average molecular weight is 269 g/mol. The zero-order valence-corrected chi connectivity index (χ0v) is 8.94. The van der Waals surface area contributed by atoms with Crippen molar-refractivity contribution in [3.8, 4) is 6.07 Å². The van der Waals surface area contributed by atoms with Crippen LogP contribution >= 0.6 is 10.7 Å². The van der Waals surface area contributed by atoms with Crippen LogP contribution in [-0.2, 0) is 9.05 Å². The molecule has 1 aromatic heterocycles. The van der Waals surface area contributed by atoms with E-state index in [0.29, 0.717) is 6.07 Å². The van der Waals surface area contributed by atoms with E-state index in [1.165, 1.54) is 6.07 Å². The normalized spacial score (nSPS) is 11.4. The number of aromatic amines is 1. The number of pyridine rings is 1. The molecule has 0 aliphatic heterocycles. The van der Waals surface area contributed by atoms with Gasteiger partial charge in [0.2, 0.25) is 5.56 Å². The van der Waals surface area contributed by atoms with Crippen LogP contribution in [0.15, 0.2) is 15.8 Å². The highest BCUT2D eigenvalue weighted by Crippen LogP contribution is 2.25. The smallest absolute Gasteiger partial charge is 0.279 e. The first kappa shape index (κ1) is 12.6. The molecular weight excluding hydrogens is 266 g/mol. The Morgan fingerprint density at radius 1 is 1.50 bits per heavy atom. The van der Waals surface area contributed by atoms with E-state index >= 15 is 0 Å². The number of nitriles is 1. The third kappa shape index (κ3) is 2.37. The molecule has 0 bridgehead atoms. The summed E-state index contributed by atoms with van der Waals surface area (Å²) in [6.45, 7) is 0. The largest absolute Gasteiger partial charge is 0.320 e. The van der Waals surface area contributed by atoms with Crippen molar-refractivity contribution in [2.75, 3.05) is 0 Å². The summed E-state index contributed by atoms with van der Waals surface area (Å²) in [6.07, 6.45) is -3.18. The first-order valence-electron chi connectivity index (χ1n) is 3.67. The highest BCUT2D eigenvalue weighted by molar-refractivity contribution is 8.13. The first-order valence-corrected chi connectivity index (χ1v) is 5.98. The number of aromatic nitrogens is 1. The predicted molar refractivity (Wildman–Crippen MR) is 49.8 cm³/mol. The quantitative estimate of drug-likeness (QED) is 0.814. The minimum Gasteiger partial charge on any atom is -0.320 e. The van der Waals surface area contributed by atoms with Crippen molar-refractivity contribution < 1.29 is 17.2 Å². The van der Waals surface area contributed by atoms with Gasteiger partial charge in [-0.3, -0.25) is 4.79 Å². The summed E-state index contributed by atoms with van der Waals surface area (Å²) in [6, 6.07) is 1.74. The van der Waals surface area contributed by atoms with Crippen molar-refractivity contribution in [2.45, 2.75) is 11.3 Å². The van der Waals surface area contributed by atoms with Gasteiger partial charge in [-0.15, -0.1) is 0 Å². The van der Waals surface area contributed by atoms with E-state index < -0.39 is 37.2 Å². The van der Waals surface area contributed by atoms with E-state index in [1.54, 1.807) is 4.98 Å². The van der Waals surface area contributed by atoms with E-state index in [9.17, 15) is 22.0 Å². The zero-order valence-electron chi connectivity index (χ0n) is 7.37. The Kier molecular flexibility index (Phi) is 3.30. The molecular formula is C7H3ClF2N2O3S. The zero-order chi connectivity index (χ0) is 12.5. The molecule has 1 aromatic rings. The highest BCUT2D eigenvalue weighted by atomic mass is 35.7. The molecule has 16 heavy (non-hydrogen) atoms. The summed E-state index contributed by atoms with van der Waals surface area (Å²) in [5.74, 6) is 0. The van der Waals surface area contributed by atoms with Crippen molar-refractivity contribution in [2.24, 2.45) is 0 Å². The van der Waals surface area contributed by atoms with Gasteiger partial charge in [0.1, 0.15) is 16.7 Å². The van der Waals surface area contributed by atoms with Gasteiger partial charge in [-0.25, -0.2) is 17.2 Å². The Hall–Kier alpha value is -1.46. The van der Waals surface area contributed by atoms with Crippen molar-refractivity contribution >= 4 is 19.7 Å². The predicted octanol–water partition coefficient (Wildman–Crippen LogP) is 1.11. The van der Waals surface area contributed by atoms with Gasteiger partial charge in [-0.1, -0.05) is 0 Å². The molecule has 0 aromatic carbocycles. The third-order valence-electron chi connectivity index (χ3n) is 1.63. The molecule has 86 valence electrons. The van der Waals surface area contributed by atoms with Crippen LogP contribution in [0.5, 0.6) is 0 Å². The molecule has 0 atom stereocenters. The van der Waals surface area contributed by atoms with E-state index in [4.69, 9.17) is 15.9 Å². The van der Waals surface area contributed by atoms with Crippen LogP contribution in [-0.4, -0.2) is 13.4 Å². The molecule has 0 spiro atoms. The molecule has 1 rings (SSSR count). The maximum absolute atomic E-state index is 12.4. The standard InChI is InChI=1S/C7H3ClF2N2O3S/c8-16(14,15)4-1-5(13)12-6(7(9)10)3(4)2-11/h1,7H,(H,12,13). The number of halogens is 3. The van der Waals surface area contributed by atoms with Gasteiger partial charge < -0.3 is 4.98 Å². The summed E-state index contributed by atoms with van der Waals surface area (Å²) in [4.78, 5) is 11.7. The van der Waals surface area contributed by atoms with Crippen LogP contribution in [0, 0.1) is 11.3 Å². The maximum Gasteiger partial charge on any atom is 0.279 e. The minimum absolute atomic E-state index is 0.479. The van der Waals surface area contributed by atoms with Gasteiger partial charge in [-0.2, -0.15) is 5.26 Å². The monoisotopic (exact) mass is 268 g/mol. The summed E-state index contributed by atoms with van der Waals surface area (Å²) >= 11 is 0. The first-order chi connectivity index (χ1) is 7.27. The Labute approximate surface area is 92.7 Å². The number of nitrogens with one attached hydrogen (secondary N) is 1. The van der Waals surface area contributed by atoms with Crippen molar-refractivity contribution in [3.63, 3.8) is 0 Å². The number of nitrogens with zero attached hydrogens (tertiary/aromatic N) is 1. The highest BCUT2D eigenvalue weighted by Gasteiger charge is 2.24. The molecule has 0 amide bonds. The van der Waals surface area contributed by atoms with Crippen molar-refractivity contribution in [1.29, 1.82) is 5.26 Å². The second kappa shape index (κ2) is 4.19. The topological polar surface area (TPSA) is 90.8 Å². The lowest BCUT2D eigenvalue weighted by Gasteiger charge is -2.05. The summed E-state index contributed by atoms with van der Waals surface area (Å²) in [5.41, 5.74) is -2.99. The van der Waals surface area contributed by atoms with Crippen LogP contribution in [0.4, 0.5) is 8.78 Å². The van der Waals surface area contributed by atoms with E-state index in [1.807, 2.05) is 0 Å². The fraction of sp³-hybridized carbons (Fsp3) is 0.143. The SMILES string of the molecule is N#Cc1c(S(=O)(=O)Cl)cc(=O)[nH]c1C(F)F. The number of H-pyrrole nitrogens is 1. The average Bonchev–Trinajstić information content (AvgIpc) is 2.14. The Balaban J connectivity index is 3.78. The Bertz CT molecular complexity index is 617. The number of rotatable bonds is 2. The van der Waals surface area contributed by atoms with Crippen LogP contribution < -0.4 is 5.56 Å². The molecule has 0 aliphatic carbocycles. The van der Waals surface area contributed by atoms with Crippen molar-refractivity contribution in [1.82, 2.24) is 4.98 Å². The molecule has 0 saturated heterocycles. The van der Waals surface area contributed by atoms with Gasteiger partial charge in [0, 0.05) is 16.7 Å². The molecule has 9 heteroatoms. The molecule has 1 N–H and O–H groups in total. The molecule has 0 radical (unpaired) electrons. The molecule has 0 aliphatic rings. The lowest BCUT2D eigenvalue weighted by Crippen LogP contribution is -2.14. The molecule has 0 saturated carbocycles. The Morgan fingerprint density at radius 2 is 2.06 bits per heavy atom. The van der Waals surface area contributed by atoms with Gasteiger partial charge in [0.15, 0.2) is 0 Å². The third-order valence-corrected chi connectivity index (χ3v) is 2.97. The minimum atomic E-state index is -4.43. The number of hydrogen-bond donors (Lipinski definition) is 1. The maximum atomic E-state index is 12.4. The number of hydrogen-bond acceptors (Lipinski definition) is 4. The Morgan fingerprint density at radius 3 is 2.44 bits per heavy atom. The molecule has 5 nitrogen and oxygen atoms in total. The fourth-order valence-corrected chi connectivity index (χ4v) is 2.04. The van der Waals surface area contributed by atoms with E-state index in [0.717, 1.165) is 0 Å². The fourth-order valence-electron chi connectivity index (χ4n) is 1.03. The van der Waals surface area contributed by atoms with Crippen LogP contribution in [0.3, 0.4) is 0 Å². The lowest BCUT2D eigenvalue weighted by atomic mass is 10.2. The van der Waals surface area contributed by atoms with E-state index in [-0.39, 0.29) is 0 Å². The van der Waals surface area contributed by atoms with Gasteiger partial charge in [0.25, 0.3) is 15.5 Å². The number of alkyl halides is 2. The summed E-state index contributed by atoms with van der Waals surface area (Å²) in [7, 11) is 0.487. The van der Waals surface area contributed by atoms with Gasteiger partial charge >= 0.3 is 0 Å². The molecule has 1 heterocycles. The van der Waals surface area contributed by atoms with Gasteiger partial charge in [-0.05, 0) is 0 Å². The second-order valence-corrected chi connectivity index (χ2v) is 5.17. The molecule has 0 unspecified atom stereocenters. The van der Waals surface area contributed by atoms with Crippen LogP contribution in [0.2, 0.25) is 0 Å². The summed E-state index contributed by atoms with van der Waals surface area (Å²) in [5, 5.41) is 8.57. The van der Waals surface area contributed by atoms with Crippen LogP contribution in [0.25, 0.3) is 0 Å². The van der Waals surface area contributed by atoms with Crippen molar-refractivity contribution in [3.05, 3.63) is 27.7 Å². The van der Waals surface area contributed by atoms with Crippen LogP contribution in [0.1, 0.15) is 17.7 Å². The second-order valence-electron chi connectivity index (χ2n) is 2.64. The molecule has 0 fully saturated rings. The lowest BCUT2D eigenvalue weighted by molar-refractivity contribution is 0.145. The van der Waals surface area contributed by atoms with Gasteiger partial charge in [0.05, 0.1) is 5.56 Å².